The highest BCUT2D eigenvalue weighted by Gasteiger charge is 2.43. The van der Waals surface area contributed by atoms with Crippen LogP contribution in [0.2, 0.25) is 0 Å². The molecule has 0 saturated carbocycles. The predicted molar refractivity (Wildman–Crippen MR) is 91.8 cm³/mol. The molecule has 0 radical (unpaired) electrons. The smallest absolute Gasteiger partial charge is 0.164 e. The van der Waals surface area contributed by atoms with Crippen molar-refractivity contribution in [2.75, 3.05) is 6.61 Å². The third kappa shape index (κ3) is 6.79. The number of hydrogen-bond donors (Lipinski definition) is 1. The summed E-state index contributed by atoms with van der Waals surface area (Å²) in [6.45, 7) is 6.27. The Balaban J connectivity index is 1.50. The molecule has 2 rings (SSSR count). The van der Waals surface area contributed by atoms with Gasteiger partial charge in [0.05, 0.1) is 18.3 Å². The number of aliphatic hydroxyl groups excluding tert-OH is 1. The highest BCUT2D eigenvalue weighted by atomic mass is 16.7. The topological polar surface area (TPSA) is 68.3 Å². The second-order valence-corrected chi connectivity index (χ2v) is 7.68. The molecular weight excluding hydrogens is 308 g/mol. The second-order valence-electron chi connectivity index (χ2n) is 7.68. The molecule has 0 aliphatic carbocycles. The van der Waals surface area contributed by atoms with Crippen LogP contribution in [0.3, 0.4) is 0 Å². The highest BCUT2D eigenvalue weighted by molar-refractivity contribution is 5.85. The van der Waals surface area contributed by atoms with Gasteiger partial charge in [0, 0.05) is 13.0 Å². The van der Waals surface area contributed by atoms with E-state index < -0.39 is 5.79 Å². The van der Waals surface area contributed by atoms with Crippen LogP contribution < -0.4 is 0 Å². The minimum absolute atomic E-state index is 0.114. The van der Waals surface area contributed by atoms with Gasteiger partial charge >= 0.3 is 0 Å². The second kappa shape index (κ2) is 9.27. The molecule has 2 aliphatic rings. The third-order valence-corrected chi connectivity index (χ3v) is 4.78. The number of hydrogen-bond acceptors (Lipinski definition) is 5. The van der Waals surface area contributed by atoms with E-state index in [0.717, 1.165) is 51.4 Å². The fraction of sp³-hybridized carbons (Fsp3) is 0.947. The van der Waals surface area contributed by atoms with Crippen molar-refractivity contribution in [2.24, 2.45) is 0 Å². The summed E-state index contributed by atoms with van der Waals surface area (Å²) in [5, 5.41) is 8.76. The van der Waals surface area contributed by atoms with Gasteiger partial charge in [-0.05, 0) is 59.3 Å². The van der Waals surface area contributed by atoms with Crippen LogP contribution in [0.4, 0.5) is 0 Å². The maximum Gasteiger partial charge on any atom is 0.164 e. The Morgan fingerprint density at radius 2 is 1.83 bits per heavy atom. The van der Waals surface area contributed by atoms with E-state index in [1.165, 1.54) is 0 Å². The van der Waals surface area contributed by atoms with Crippen molar-refractivity contribution >= 4 is 5.78 Å². The molecule has 0 amide bonds. The molecule has 0 aromatic carbocycles. The van der Waals surface area contributed by atoms with E-state index in [-0.39, 0.29) is 36.8 Å². The molecule has 0 unspecified atom stereocenters. The Morgan fingerprint density at radius 3 is 2.54 bits per heavy atom. The van der Waals surface area contributed by atoms with Gasteiger partial charge in [0.1, 0.15) is 6.10 Å². The summed E-state index contributed by atoms with van der Waals surface area (Å²) in [4.78, 5) is 12.0. The lowest BCUT2D eigenvalue weighted by Crippen LogP contribution is -2.43. The lowest BCUT2D eigenvalue weighted by atomic mass is 10.0. The molecule has 140 valence electrons. The Hall–Kier alpha value is -0.490. The Kier molecular flexibility index (Phi) is 7.66. The van der Waals surface area contributed by atoms with Crippen molar-refractivity contribution in [1.82, 2.24) is 0 Å². The molecule has 5 nitrogen and oxygen atoms in total. The number of ether oxygens (including phenoxy) is 3. The summed E-state index contributed by atoms with van der Waals surface area (Å²) >= 11 is 0. The van der Waals surface area contributed by atoms with Gasteiger partial charge in [-0.1, -0.05) is 12.8 Å². The number of epoxide rings is 1. The van der Waals surface area contributed by atoms with E-state index in [1.54, 1.807) is 0 Å². The van der Waals surface area contributed by atoms with Gasteiger partial charge in [-0.25, -0.2) is 0 Å². The fourth-order valence-electron chi connectivity index (χ4n) is 3.65. The van der Waals surface area contributed by atoms with E-state index in [2.05, 4.69) is 6.92 Å². The minimum atomic E-state index is -0.480. The van der Waals surface area contributed by atoms with Crippen molar-refractivity contribution in [3.05, 3.63) is 0 Å². The summed E-state index contributed by atoms with van der Waals surface area (Å²) in [7, 11) is 0. The normalized spacial score (nSPS) is 31.8. The van der Waals surface area contributed by atoms with Crippen molar-refractivity contribution in [1.29, 1.82) is 0 Å². The summed E-state index contributed by atoms with van der Waals surface area (Å²) < 4.78 is 17.1. The summed E-state index contributed by atoms with van der Waals surface area (Å²) in [5.41, 5.74) is 0. The molecular formula is C19H34O5. The number of ketones is 1. The van der Waals surface area contributed by atoms with Crippen LogP contribution in [0.15, 0.2) is 0 Å². The average molecular weight is 342 g/mol. The van der Waals surface area contributed by atoms with Gasteiger partial charge in [-0.3, -0.25) is 4.79 Å². The first-order valence-corrected chi connectivity index (χ1v) is 9.56. The van der Waals surface area contributed by atoms with E-state index >= 15 is 0 Å². The molecule has 2 saturated heterocycles. The van der Waals surface area contributed by atoms with E-state index in [0.29, 0.717) is 6.42 Å². The number of Topliss-reactive ketones (excluding diaryl/α,β-unsaturated/α-hetero) is 1. The molecule has 5 heteroatoms. The standard InChI is InChI=1S/C19H34O5/c1-14-13-15(24-19(2,3)23-14)9-5-4-6-10-16(21)18-17(22-18)11-7-8-12-20/h14-15,17-18,20H,4-13H2,1-3H3/t14-,15+,17+,18-/m0/s1. The predicted octanol–water partition coefficient (Wildman–Crippen LogP) is 3.37. The maximum atomic E-state index is 12.0. The summed E-state index contributed by atoms with van der Waals surface area (Å²) in [6.07, 6.45) is 8.78. The quantitative estimate of drug-likeness (QED) is 0.460. The van der Waals surface area contributed by atoms with E-state index in [9.17, 15) is 4.79 Å². The molecule has 0 spiro atoms. The van der Waals surface area contributed by atoms with Gasteiger partial charge in [0.2, 0.25) is 0 Å². The molecule has 0 aromatic rings. The van der Waals surface area contributed by atoms with Crippen LogP contribution in [0.25, 0.3) is 0 Å². The monoisotopic (exact) mass is 342 g/mol. The molecule has 0 bridgehead atoms. The number of rotatable bonds is 11. The largest absolute Gasteiger partial charge is 0.396 e. The molecule has 24 heavy (non-hydrogen) atoms. The lowest BCUT2D eigenvalue weighted by Gasteiger charge is -2.39. The molecule has 2 heterocycles. The Morgan fingerprint density at radius 1 is 1.08 bits per heavy atom. The minimum Gasteiger partial charge on any atom is -0.396 e. The van der Waals surface area contributed by atoms with Crippen molar-refractivity contribution in [3.63, 3.8) is 0 Å². The molecule has 2 fully saturated rings. The van der Waals surface area contributed by atoms with E-state index in [4.69, 9.17) is 19.3 Å². The van der Waals surface area contributed by atoms with Crippen molar-refractivity contribution < 1.29 is 24.1 Å². The first-order valence-electron chi connectivity index (χ1n) is 9.56. The van der Waals surface area contributed by atoms with Gasteiger partial charge in [0.15, 0.2) is 11.6 Å². The first-order chi connectivity index (χ1) is 11.4. The first kappa shape index (κ1) is 19.8. The van der Waals surface area contributed by atoms with Gasteiger partial charge in [0.25, 0.3) is 0 Å². The SMILES string of the molecule is C[C@H]1C[C@@H](CCCCCC(=O)[C@@H]2O[C@@H]2CCCCO)OC(C)(C)O1. The number of unbranched alkanes of at least 4 members (excludes halogenated alkanes) is 3. The van der Waals surface area contributed by atoms with Crippen molar-refractivity contribution in [2.45, 2.75) is 109 Å². The Bertz CT molecular complexity index is 395. The van der Waals surface area contributed by atoms with Gasteiger partial charge in [-0.15, -0.1) is 0 Å². The van der Waals surface area contributed by atoms with E-state index in [1.807, 2.05) is 13.8 Å². The molecule has 0 aromatic heterocycles. The average Bonchev–Trinajstić information content (AvgIpc) is 3.24. The molecule has 1 N–H and O–H groups in total. The van der Waals surface area contributed by atoms with Gasteiger partial charge in [-0.2, -0.15) is 0 Å². The maximum absolute atomic E-state index is 12.0. The fourth-order valence-corrected chi connectivity index (χ4v) is 3.65. The molecule has 4 atom stereocenters. The highest BCUT2D eigenvalue weighted by Crippen LogP contribution is 2.30. The summed E-state index contributed by atoms with van der Waals surface area (Å²) in [6, 6.07) is 0. The van der Waals surface area contributed by atoms with Crippen LogP contribution in [0.1, 0.15) is 78.6 Å². The van der Waals surface area contributed by atoms with Crippen molar-refractivity contribution in [3.8, 4) is 0 Å². The molecule has 2 aliphatic heterocycles. The number of aliphatic hydroxyl groups is 1. The zero-order chi connectivity index (χ0) is 17.6. The van der Waals surface area contributed by atoms with Crippen LogP contribution in [0, 0.1) is 0 Å². The van der Waals surface area contributed by atoms with Crippen LogP contribution >= 0.6 is 0 Å². The van der Waals surface area contributed by atoms with Crippen LogP contribution in [0.5, 0.6) is 0 Å². The van der Waals surface area contributed by atoms with Gasteiger partial charge < -0.3 is 19.3 Å². The lowest BCUT2D eigenvalue weighted by molar-refractivity contribution is -0.296. The third-order valence-electron chi connectivity index (χ3n) is 4.78. The van der Waals surface area contributed by atoms with Crippen LogP contribution in [-0.4, -0.2) is 47.7 Å². The Labute approximate surface area is 146 Å². The zero-order valence-corrected chi connectivity index (χ0v) is 15.5. The number of carbonyl (C=O) groups is 1. The zero-order valence-electron chi connectivity index (χ0n) is 15.5. The van der Waals surface area contributed by atoms with Crippen LogP contribution in [-0.2, 0) is 19.0 Å². The number of carbonyl (C=O) groups excluding carboxylic acids is 1. The summed E-state index contributed by atoms with van der Waals surface area (Å²) in [5.74, 6) is -0.229.